The number of carbonyl (C=O) groups is 1. The zero-order chi connectivity index (χ0) is 17.7. The molecule has 25 heavy (non-hydrogen) atoms. The summed E-state index contributed by atoms with van der Waals surface area (Å²) in [5.41, 5.74) is 2.65. The Morgan fingerprint density at radius 1 is 1.08 bits per heavy atom. The summed E-state index contributed by atoms with van der Waals surface area (Å²) in [5, 5.41) is 0.521. The lowest BCUT2D eigenvalue weighted by Crippen LogP contribution is -2.25. The molecule has 0 aliphatic carbocycles. The highest BCUT2D eigenvalue weighted by Gasteiger charge is 2.40. The van der Waals surface area contributed by atoms with Crippen LogP contribution < -0.4 is 5.43 Å². The van der Waals surface area contributed by atoms with Crippen LogP contribution in [0.2, 0.25) is 0 Å². The molecule has 1 atom stereocenters. The number of carbonyl (C=O) groups excluding carboxylic acids is 1. The van der Waals surface area contributed by atoms with E-state index in [0.717, 1.165) is 16.0 Å². The Labute approximate surface area is 149 Å². The number of thioether (sulfide) groups is 1. The number of fused-ring (bicyclic) bond motifs is 2. The highest BCUT2D eigenvalue weighted by molar-refractivity contribution is 7.98. The molecule has 3 aromatic rings. The smallest absolute Gasteiger partial charge is 0.290 e. The van der Waals surface area contributed by atoms with Gasteiger partial charge in [0.2, 0.25) is 5.76 Å². The molecule has 5 heteroatoms. The number of rotatable bonds is 2. The first-order valence-corrected chi connectivity index (χ1v) is 9.22. The van der Waals surface area contributed by atoms with Gasteiger partial charge in [-0.1, -0.05) is 23.8 Å². The number of hydrogen-bond donors (Lipinski definition) is 0. The fourth-order valence-electron chi connectivity index (χ4n) is 3.38. The van der Waals surface area contributed by atoms with Crippen LogP contribution in [0.25, 0.3) is 11.0 Å². The molecule has 0 fully saturated rings. The lowest BCUT2D eigenvalue weighted by atomic mass is 9.98. The Morgan fingerprint density at radius 3 is 2.48 bits per heavy atom. The van der Waals surface area contributed by atoms with Crippen molar-refractivity contribution in [1.29, 1.82) is 0 Å². The van der Waals surface area contributed by atoms with Crippen LogP contribution in [-0.2, 0) is 0 Å². The number of amides is 1. The Bertz CT molecular complexity index is 1050. The van der Waals surface area contributed by atoms with E-state index in [1.807, 2.05) is 49.6 Å². The van der Waals surface area contributed by atoms with Gasteiger partial charge < -0.3 is 9.32 Å². The third kappa shape index (κ3) is 2.38. The Kier molecular flexibility index (Phi) is 3.69. The Morgan fingerprint density at radius 2 is 1.80 bits per heavy atom. The van der Waals surface area contributed by atoms with Crippen LogP contribution in [-0.4, -0.2) is 24.1 Å². The quantitative estimate of drug-likeness (QED) is 0.655. The first-order chi connectivity index (χ1) is 12.0. The normalized spacial score (nSPS) is 16.5. The van der Waals surface area contributed by atoms with E-state index in [0.29, 0.717) is 16.5 Å². The third-order valence-corrected chi connectivity index (χ3v) is 5.43. The highest BCUT2D eigenvalue weighted by atomic mass is 32.2. The third-order valence-electron chi connectivity index (χ3n) is 4.69. The molecule has 1 aromatic heterocycles. The van der Waals surface area contributed by atoms with E-state index in [1.165, 1.54) is 0 Å². The van der Waals surface area contributed by atoms with Gasteiger partial charge in [-0.3, -0.25) is 9.59 Å². The van der Waals surface area contributed by atoms with Gasteiger partial charge in [0.15, 0.2) is 5.43 Å². The van der Waals surface area contributed by atoms with Gasteiger partial charge in [0, 0.05) is 11.9 Å². The molecule has 2 aromatic carbocycles. The molecule has 0 bridgehead atoms. The van der Waals surface area contributed by atoms with Crippen molar-refractivity contribution in [2.24, 2.45) is 0 Å². The minimum Gasteiger partial charge on any atom is -0.450 e. The molecular weight excluding hydrogens is 334 g/mol. The number of aryl methyl sites for hydroxylation is 1. The summed E-state index contributed by atoms with van der Waals surface area (Å²) < 4.78 is 5.82. The highest BCUT2D eigenvalue weighted by Crippen LogP contribution is 2.37. The van der Waals surface area contributed by atoms with E-state index >= 15 is 0 Å². The van der Waals surface area contributed by atoms with E-state index < -0.39 is 6.04 Å². The lowest BCUT2D eigenvalue weighted by molar-refractivity contribution is 0.0771. The predicted molar refractivity (Wildman–Crippen MR) is 99.4 cm³/mol. The van der Waals surface area contributed by atoms with Crippen molar-refractivity contribution < 1.29 is 9.21 Å². The van der Waals surface area contributed by atoms with Crippen molar-refractivity contribution in [1.82, 2.24) is 4.90 Å². The lowest BCUT2D eigenvalue weighted by Gasteiger charge is -2.20. The van der Waals surface area contributed by atoms with Crippen LogP contribution >= 0.6 is 11.8 Å². The Balaban J connectivity index is 1.98. The van der Waals surface area contributed by atoms with Crippen molar-refractivity contribution in [3.63, 3.8) is 0 Å². The summed E-state index contributed by atoms with van der Waals surface area (Å²) in [6, 6.07) is 13.0. The first-order valence-electron chi connectivity index (χ1n) is 7.99. The fraction of sp³-hybridized carbons (Fsp3) is 0.200. The van der Waals surface area contributed by atoms with Gasteiger partial charge in [-0.05, 0) is 43.0 Å². The minimum atomic E-state index is -0.417. The topological polar surface area (TPSA) is 50.5 Å². The van der Waals surface area contributed by atoms with Crippen LogP contribution in [0, 0.1) is 6.92 Å². The maximum atomic E-state index is 13.1. The molecule has 1 amide bonds. The summed E-state index contributed by atoms with van der Waals surface area (Å²) in [6.07, 6.45) is 2.01. The average Bonchev–Trinajstić information content (AvgIpc) is 2.88. The molecule has 1 unspecified atom stereocenters. The summed E-state index contributed by atoms with van der Waals surface area (Å²) in [4.78, 5) is 28.5. The molecule has 0 saturated carbocycles. The zero-order valence-corrected chi connectivity index (χ0v) is 15.0. The van der Waals surface area contributed by atoms with Crippen molar-refractivity contribution in [3.05, 3.63) is 75.1 Å². The summed E-state index contributed by atoms with van der Waals surface area (Å²) in [6.45, 7) is 1.93. The molecule has 0 radical (unpaired) electrons. The van der Waals surface area contributed by atoms with Crippen molar-refractivity contribution in [2.75, 3.05) is 13.3 Å². The van der Waals surface area contributed by atoms with Gasteiger partial charge in [0.1, 0.15) is 5.58 Å². The molecule has 1 aliphatic heterocycles. The molecule has 4 rings (SSSR count). The van der Waals surface area contributed by atoms with E-state index in [1.54, 1.807) is 29.8 Å². The largest absolute Gasteiger partial charge is 0.450 e. The van der Waals surface area contributed by atoms with Crippen LogP contribution in [0.3, 0.4) is 0 Å². The van der Waals surface area contributed by atoms with Gasteiger partial charge in [0.05, 0.1) is 17.0 Å². The Hall–Kier alpha value is -2.53. The molecule has 1 aliphatic rings. The monoisotopic (exact) mass is 351 g/mol. The van der Waals surface area contributed by atoms with Gasteiger partial charge >= 0.3 is 0 Å². The van der Waals surface area contributed by atoms with Gasteiger partial charge in [-0.15, -0.1) is 11.8 Å². The number of benzene rings is 2. The molecule has 126 valence electrons. The summed E-state index contributed by atoms with van der Waals surface area (Å²) >= 11 is 1.65. The van der Waals surface area contributed by atoms with Crippen LogP contribution in [0.15, 0.2) is 56.6 Å². The number of hydrogen-bond acceptors (Lipinski definition) is 4. The second kappa shape index (κ2) is 5.77. The SMILES string of the molecule is CSc1ccc(C2c3c(oc4ccc(C)cc4c3=O)C(=O)N2C)cc1. The molecule has 0 saturated heterocycles. The predicted octanol–water partition coefficient (Wildman–Crippen LogP) is 4.00. The molecule has 0 N–H and O–H groups in total. The van der Waals surface area contributed by atoms with Gasteiger partial charge in [-0.25, -0.2) is 0 Å². The molecular formula is C20H17NO3S. The van der Waals surface area contributed by atoms with Crippen LogP contribution in [0.5, 0.6) is 0 Å². The average molecular weight is 351 g/mol. The van der Waals surface area contributed by atoms with E-state index in [4.69, 9.17) is 4.42 Å². The van der Waals surface area contributed by atoms with E-state index in [-0.39, 0.29) is 17.1 Å². The summed E-state index contributed by atoms with van der Waals surface area (Å²) in [5.74, 6) is -0.101. The van der Waals surface area contributed by atoms with Crippen LogP contribution in [0.4, 0.5) is 0 Å². The fourth-order valence-corrected chi connectivity index (χ4v) is 3.79. The van der Waals surface area contributed by atoms with Crippen LogP contribution in [0.1, 0.15) is 33.3 Å². The first kappa shape index (κ1) is 16.0. The molecule has 0 spiro atoms. The zero-order valence-electron chi connectivity index (χ0n) is 14.2. The molecule has 4 nitrogen and oxygen atoms in total. The number of nitrogens with zero attached hydrogens (tertiary/aromatic N) is 1. The maximum Gasteiger partial charge on any atom is 0.290 e. The maximum absolute atomic E-state index is 13.1. The summed E-state index contributed by atoms with van der Waals surface area (Å²) in [7, 11) is 1.71. The standard InChI is InChI=1S/C20H17NO3S/c1-11-4-9-15-14(10-11)18(22)16-17(21(2)20(23)19(16)24-15)12-5-7-13(25-3)8-6-12/h4-10,17H,1-3H3. The van der Waals surface area contributed by atoms with Crippen molar-refractivity contribution in [3.8, 4) is 0 Å². The van der Waals surface area contributed by atoms with Gasteiger partial charge in [0.25, 0.3) is 5.91 Å². The second-order valence-corrected chi connectivity index (χ2v) is 7.15. The minimum absolute atomic E-state index is 0.128. The molecule has 2 heterocycles. The van der Waals surface area contributed by atoms with Crippen molar-refractivity contribution in [2.45, 2.75) is 17.9 Å². The van der Waals surface area contributed by atoms with Crippen molar-refractivity contribution >= 4 is 28.6 Å². The van der Waals surface area contributed by atoms with Gasteiger partial charge in [-0.2, -0.15) is 0 Å². The van der Waals surface area contributed by atoms with E-state index in [9.17, 15) is 9.59 Å². The van der Waals surface area contributed by atoms with E-state index in [2.05, 4.69) is 0 Å². The second-order valence-electron chi connectivity index (χ2n) is 6.27.